The molecule has 0 bridgehead atoms. The molecule has 10 nitrogen and oxygen atoms in total. The normalized spacial score (nSPS) is 19.9. The van der Waals surface area contributed by atoms with Crippen molar-refractivity contribution in [3.8, 4) is 11.8 Å². The molecule has 1 saturated heterocycles. The first kappa shape index (κ1) is 27.2. The third-order valence-corrected chi connectivity index (χ3v) is 6.98. The van der Waals surface area contributed by atoms with Crippen LogP contribution in [-0.4, -0.2) is 71.4 Å². The van der Waals surface area contributed by atoms with Crippen molar-refractivity contribution in [3.05, 3.63) is 59.7 Å². The van der Waals surface area contributed by atoms with Crippen molar-refractivity contribution in [2.75, 3.05) is 26.2 Å². The van der Waals surface area contributed by atoms with Gasteiger partial charge in [0.1, 0.15) is 24.3 Å². The number of benzene rings is 1. The van der Waals surface area contributed by atoms with Gasteiger partial charge in [0, 0.05) is 12.6 Å². The van der Waals surface area contributed by atoms with Gasteiger partial charge in [-0.05, 0) is 31.5 Å². The van der Waals surface area contributed by atoms with Crippen LogP contribution in [0.25, 0.3) is 11.0 Å². The maximum atomic E-state index is 11.2. The monoisotopic (exact) mass is 527 g/mol. The second-order valence-corrected chi connectivity index (χ2v) is 10.1. The lowest BCUT2D eigenvalue weighted by Crippen LogP contribution is -2.30. The SMILES string of the molecule is CCN(CC)CC#Cc1cn([C@H]2C[C@H](O)[C@@H](COS(N)(=O)=O)O2)c2ncnc(CCc3ccccc3)c12. The first-order chi connectivity index (χ1) is 17.8. The van der Waals surface area contributed by atoms with Crippen molar-refractivity contribution in [1.29, 1.82) is 0 Å². The minimum Gasteiger partial charge on any atom is -0.390 e. The number of ether oxygens (including phenoxy) is 1. The molecule has 11 heteroatoms. The van der Waals surface area contributed by atoms with Gasteiger partial charge in [0.05, 0.1) is 35.9 Å². The van der Waals surface area contributed by atoms with Crippen LogP contribution in [0.3, 0.4) is 0 Å². The number of aromatic nitrogens is 3. The summed E-state index contributed by atoms with van der Waals surface area (Å²) >= 11 is 0. The molecule has 1 fully saturated rings. The standard InChI is InChI=1S/C26H33N5O5S/c1-3-30(4-2)14-8-11-20-16-31(24-15-22(32)23(36-24)17-35-37(27,33)34)26-25(20)21(28-18-29-26)13-12-19-9-6-5-7-10-19/h5-7,9-10,16,18,22-24,32H,3-4,12-15,17H2,1-2H3,(H2,27,33,34)/t22-,23+,24+/m0/s1. The molecule has 0 saturated carbocycles. The van der Waals surface area contributed by atoms with Crippen LogP contribution in [0, 0.1) is 11.8 Å². The minimum atomic E-state index is -4.15. The third-order valence-electron chi connectivity index (χ3n) is 6.51. The molecule has 3 N–H and O–H groups in total. The van der Waals surface area contributed by atoms with E-state index in [9.17, 15) is 13.5 Å². The average Bonchev–Trinajstić information content (AvgIpc) is 3.44. The largest absolute Gasteiger partial charge is 0.390 e. The lowest BCUT2D eigenvalue weighted by molar-refractivity contribution is -0.0369. The van der Waals surface area contributed by atoms with Crippen molar-refractivity contribution >= 4 is 21.3 Å². The molecule has 1 aliphatic heterocycles. The van der Waals surface area contributed by atoms with Crippen LogP contribution in [0.1, 0.15) is 43.3 Å². The van der Waals surface area contributed by atoms with Gasteiger partial charge in [-0.3, -0.25) is 9.08 Å². The minimum absolute atomic E-state index is 0.234. The number of nitrogens with zero attached hydrogens (tertiary/aromatic N) is 4. The van der Waals surface area contributed by atoms with E-state index in [2.05, 4.69) is 56.9 Å². The first-order valence-corrected chi connectivity index (χ1v) is 13.9. The van der Waals surface area contributed by atoms with Crippen LogP contribution in [0.2, 0.25) is 0 Å². The molecule has 3 heterocycles. The number of nitrogens with two attached hydrogens (primary N) is 1. The number of rotatable bonds is 10. The summed E-state index contributed by atoms with van der Waals surface area (Å²) in [6.45, 7) is 6.29. The second-order valence-electron chi connectivity index (χ2n) is 8.93. The molecule has 3 atom stereocenters. The van der Waals surface area contributed by atoms with Crippen LogP contribution < -0.4 is 5.14 Å². The van der Waals surface area contributed by atoms with E-state index < -0.39 is 28.7 Å². The lowest BCUT2D eigenvalue weighted by atomic mass is 10.1. The fourth-order valence-electron chi connectivity index (χ4n) is 4.45. The van der Waals surface area contributed by atoms with E-state index in [4.69, 9.17) is 9.88 Å². The Balaban J connectivity index is 1.66. The van der Waals surface area contributed by atoms with Crippen molar-refractivity contribution in [2.24, 2.45) is 5.14 Å². The van der Waals surface area contributed by atoms with Crippen molar-refractivity contribution in [1.82, 2.24) is 19.4 Å². The van der Waals surface area contributed by atoms with Gasteiger partial charge in [-0.25, -0.2) is 15.1 Å². The Morgan fingerprint density at radius 1 is 1.22 bits per heavy atom. The molecule has 1 aliphatic rings. The molecule has 37 heavy (non-hydrogen) atoms. The van der Waals surface area contributed by atoms with E-state index in [1.165, 1.54) is 11.9 Å². The molecule has 0 spiro atoms. The summed E-state index contributed by atoms with van der Waals surface area (Å²) in [6.07, 6.45) is 2.80. The van der Waals surface area contributed by atoms with Crippen LogP contribution in [-0.2, 0) is 32.1 Å². The summed E-state index contributed by atoms with van der Waals surface area (Å²) < 4.78 is 34.9. The molecular formula is C26H33N5O5S. The zero-order valence-electron chi connectivity index (χ0n) is 21.1. The number of fused-ring (bicyclic) bond motifs is 1. The Morgan fingerprint density at radius 3 is 2.68 bits per heavy atom. The highest BCUT2D eigenvalue weighted by Gasteiger charge is 2.37. The Hall–Kier alpha value is -2.85. The summed E-state index contributed by atoms with van der Waals surface area (Å²) in [6, 6.07) is 10.2. The quantitative estimate of drug-likeness (QED) is 0.381. The molecule has 198 valence electrons. The molecule has 0 amide bonds. The highest BCUT2D eigenvalue weighted by Crippen LogP contribution is 2.34. The van der Waals surface area contributed by atoms with Gasteiger partial charge >= 0.3 is 10.3 Å². The number of aryl methyl sites for hydroxylation is 2. The van der Waals surface area contributed by atoms with E-state index in [-0.39, 0.29) is 13.0 Å². The Morgan fingerprint density at radius 2 is 1.97 bits per heavy atom. The maximum absolute atomic E-state index is 11.2. The number of hydrogen-bond donors (Lipinski definition) is 2. The highest BCUT2D eigenvalue weighted by atomic mass is 32.2. The predicted octanol–water partition coefficient (Wildman–Crippen LogP) is 1.78. The van der Waals surface area contributed by atoms with E-state index >= 15 is 0 Å². The van der Waals surface area contributed by atoms with E-state index in [1.807, 2.05) is 29.0 Å². The van der Waals surface area contributed by atoms with E-state index in [1.54, 1.807) is 0 Å². The Labute approximate surface area is 217 Å². The van der Waals surface area contributed by atoms with Gasteiger partial charge in [-0.2, -0.15) is 8.42 Å². The van der Waals surface area contributed by atoms with Gasteiger partial charge in [0.15, 0.2) is 0 Å². The Kier molecular flexibility index (Phi) is 8.91. The fourth-order valence-corrected chi connectivity index (χ4v) is 4.77. The van der Waals surface area contributed by atoms with E-state index in [0.29, 0.717) is 18.6 Å². The number of aliphatic hydroxyl groups is 1. The van der Waals surface area contributed by atoms with Gasteiger partial charge in [-0.15, -0.1) is 0 Å². The second kappa shape index (κ2) is 12.1. The lowest BCUT2D eigenvalue weighted by Gasteiger charge is -2.15. The molecule has 1 aromatic carbocycles. The topological polar surface area (TPSA) is 133 Å². The molecule has 0 aliphatic carbocycles. The van der Waals surface area contributed by atoms with Gasteiger partial charge in [-0.1, -0.05) is 56.0 Å². The van der Waals surface area contributed by atoms with Gasteiger partial charge < -0.3 is 14.4 Å². The summed E-state index contributed by atoms with van der Waals surface area (Å²) in [5.74, 6) is 6.58. The first-order valence-electron chi connectivity index (χ1n) is 12.4. The fraction of sp³-hybridized carbons (Fsp3) is 0.462. The zero-order chi connectivity index (χ0) is 26.4. The van der Waals surface area contributed by atoms with Crippen molar-refractivity contribution in [2.45, 2.75) is 51.5 Å². The Bertz CT molecular complexity index is 1360. The van der Waals surface area contributed by atoms with Crippen molar-refractivity contribution < 1.29 is 22.4 Å². The zero-order valence-corrected chi connectivity index (χ0v) is 21.9. The van der Waals surface area contributed by atoms with Gasteiger partial charge in [0.2, 0.25) is 0 Å². The van der Waals surface area contributed by atoms with Crippen LogP contribution >= 0.6 is 0 Å². The number of aliphatic hydroxyl groups excluding tert-OH is 1. The van der Waals surface area contributed by atoms with Crippen LogP contribution in [0.4, 0.5) is 0 Å². The molecule has 0 radical (unpaired) electrons. The summed E-state index contributed by atoms with van der Waals surface area (Å²) in [5.41, 5.74) is 3.53. The average molecular weight is 528 g/mol. The maximum Gasteiger partial charge on any atom is 0.333 e. The molecular weight excluding hydrogens is 494 g/mol. The molecule has 4 rings (SSSR count). The van der Waals surface area contributed by atoms with Crippen LogP contribution in [0.15, 0.2) is 42.9 Å². The third kappa shape index (κ3) is 6.93. The van der Waals surface area contributed by atoms with Crippen LogP contribution in [0.5, 0.6) is 0 Å². The molecule has 3 aromatic rings. The van der Waals surface area contributed by atoms with Gasteiger partial charge in [0.25, 0.3) is 0 Å². The van der Waals surface area contributed by atoms with Crippen molar-refractivity contribution in [3.63, 3.8) is 0 Å². The molecule has 2 aromatic heterocycles. The summed E-state index contributed by atoms with van der Waals surface area (Å²) in [7, 11) is -4.15. The highest BCUT2D eigenvalue weighted by molar-refractivity contribution is 7.84. The summed E-state index contributed by atoms with van der Waals surface area (Å²) in [4.78, 5) is 11.4. The van der Waals surface area contributed by atoms with E-state index in [0.717, 1.165) is 36.2 Å². The molecule has 0 unspecified atom stereocenters. The number of hydrogen-bond acceptors (Lipinski definition) is 8. The predicted molar refractivity (Wildman–Crippen MR) is 140 cm³/mol. The summed E-state index contributed by atoms with van der Waals surface area (Å²) in [5, 5.41) is 16.3. The smallest absolute Gasteiger partial charge is 0.333 e.